The maximum atomic E-state index is 13.6. The lowest BCUT2D eigenvalue weighted by molar-refractivity contribution is -0.120. The van der Waals surface area contributed by atoms with Crippen LogP contribution >= 0.6 is 31.9 Å². The summed E-state index contributed by atoms with van der Waals surface area (Å²) < 4.78 is 14.0. The lowest BCUT2D eigenvalue weighted by atomic mass is 9.75. The summed E-state index contributed by atoms with van der Waals surface area (Å²) in [6, 6.07) is 2.62. The van der Waals surface area contributed by atoms with Gasteiger partial charge in [0.2, 0.25) is 5.91 Å². The van der Waals surface area contributed by atoms with Gasteiger partial charge >= 0.3 is 7.12 Å². The zero-order valence-electron chi connectivity index (χ0n) is 13.1. The normalized spacial score (nSPS) is 12.0. The number of benzene rings is 1. The number of amides is 2. The highest BCUT2D eigenvalue weighted by molar-refractivity contribution is 9.11. The molecule has 0 aliphatic heterocycles. The molecule has 10 heteroatoms. The Hall–Kier alpha value is -0.965. The molecule has 0 fully saturated rings. The third-order valence-corrected chi connectivity index (χ3v) is 4.34. The molecule has 6 nitrogen and oxygen atoms in total. The standard InChI is InChI=1S/C14H18BBr2FN2O4/c1-7(2)3-11(15(23)24)20-12(21)6-19-14(22)9-4-8(16)5-10(18)13(9)17/h4-5,7,11,23-24H,3,6H2,1-2H3,(H,19,22)(H,20,21)/t11-/m0/s1. The predicted octanol–water partition coefficient (Wildman–Crippen LogP) is 1.62. The van der Waals surface area contributed by atoms with Crippen molar-refractivity contribution < 1.29 is 24.0 Å². The second-order valence-electron chi connectivity index (χ2n) is 5.65. The number of nitrogens with one attached hydrogen (secondary N) is 2. The summed E-state index contributed by atoms with van der Waals surface area (Å²) in [4.78, 5) is 23.9. The molecule has 132 valence electrons. The Labute approximate surface area is 156 Å². The topological polar surface area (TPSA) is 98.7 Å². The molecule has 0 saturated carbocycles. The van der Waals surface area contributed by atoms with Gasteiger partial charge in [-0.3, -0.25) is 9.59 Å². The second-order valence-corrected chi connectivity index (χ2v) is 7.36. The van der Waals surface area contributed by atoms with E-state index in [-0.39, 0.29) is 22.5 Å². The van der Waals surface area contributed by atoms with Gasteiger partial charge in [0, 0.05) is 4.47 Å². The molecule has 24 heavy (non-hydrogen) atoms. The fraction of sp³-hybridized carbons (Fsp3) is 0.429. The van der Waals surface area contributed by atoms with Gasteiger partial charge in [0.25, 0.3) is 5.91 Å². The SMILES string of the molecule is CC(C)C[C@H](NC(=O)CNC(=O)c1cc(Br)cc(F)c1Br)B(O)O. The molecule has 1 atom stereocenters. The Morgan fingerprint density at radius 3 is 2.46 bits per heavy atom. The van der Waals surface area contributed by atoms with Crippen molar-refractivity contribution in [3.8, 4) is 0 Å². The number of hydrogen-bond donors (Lipinski definition) is 4. The van der Waals surface area contributed by atoms with Crippen LogP contribution in [0.1, 0.15) is 30.6 Å². The minimum atomic E-state index is -1.69. The zero-order valence-corrected chi connectivity index (χ0v) is 16.3. The van der Waals surface area contributed by atoms with Crippen molar-refractivity contribution in [2.45, 2.75) is 26.2 Å². The summed E-state index contributed by atoms with van der Waals surface area (Å²) in [5.74, 6) is -2.51. The van der Waals surface area contributed by atoms with E-state index in [1.54, 1.807) is 0 Å². The van der Waals surface area contributed by atoms with Crippen LogP contribution in [-0.2, 0) is 4.79 Å². The molecule has 0 heterocycles. The first-order chi connectivity index (χ1) is 11.1. The fourth-order valence-corrected chi connectivity index (χ4v) is 2.84. The number of halogens is 3. The summed E-state index contributed by atoms with van der Waals surface area (Å²) in [5, 5.41) is 23.3. The number of carbonyl (C=O) groups excluding carboxylic acids is 2. The van der Waals surface area contributed by atoms with E-state index in [9.17, 15) is 24.0 Å². The van der Waals surface area contributed by atoms with E-state index in [0.717, 1.165) is 0 Å². The van der Waals surface area contributed by atoms with Crippen molar-refractivity contribution in [1.29, 1.82) is 0 Å². The molecule has 4 N–H and O–H groups in total. The Morgan fingerprint density at radius 1 is 1.29 bits per heavy atom. The molecule has 0 aliphatic carbocycles. The Bertz CT molecular complexity index is 617. The molecule has 0 unspecified atom stereocenters. The van der Waals surface area contributed by atoms with Crippen LogP contribution in [0.25, 0.3) is 0 Å². The van der Waals surface area contributed by atoms with E-state index in [1.807, 2.05) is 13.8 Å². The molecular formula is C14H18BBr2FN2O4. The van der Waals surface area contributed by atoms with Crippen LogP contribution in [-0.4, -0.2) is 41.5 Å². The quantitative estimate of drug-likeness (QED) is 0.362. The van der Waals surface area contributed by atoms with Crippen LogP contribution in [0.5, 0.6) is 0 Å². The van der Waals surface area contributed by atoms with Crippen LogP contribution < -0.4 is 10.6 Å². The molecule has 1 aromatic rings. The van der Waals surface area contributed by atoms with Crippen molar-refractivity contribution in [2.75, 3.05) is 6.54 Å². The average Bonchev–Trinajstić information content (AvgIpc) is 2.47. The van der Waals surface area contributed by atoms with Gasteiger partial charge < -0.3 is 20.7 Å². The lowest BCUT2D eigenvalue weighted by Crippen LogP contribution is -2.50. The third kappa shape index (κ3) is 6.50. The van der Waals surface area contributed by atoms with Crippen molar-refractivity contribution in [1.82, 2.24) is 10.6 Å². The largest absolute Gasteiger partial charge is 0.475 e. The fourth-order valence-electron chi connectivity index (χ4n) is 2.00. The van der Waals surface area contributed by atoms with Crippen molar-refractivity contribution >= 4 is 50.8 Å². The van der Waals surface area contributed by atoms with E-state index in [1.165, 1.54) is 12.1 Å². The van der Waals surface area contributed by atoms with Gasteiger partial charge in [-0.05, 0) is 40.4 Å². The Balaban J connectivity index is 2.65. The number of hydrogen-bond acceptors (Lipinski definition) is 4. The van der Waals surface area contributed by atoms with Crippen LogP contribution in [0.15, 0.2) is 21.1 Å². The minimum Gasteiger partial charge on any atom is -0.426 e. The highest BCUT2D eigenvalue weighted by Gasteiger charge is 2.26. The Kier molecular flexibility index (Phi) is 8.34. The van der Waals surface area contributed by atoms with Gasteiger partial charge in [-0.1, -0.05) is 29.8 Å². The van der Waals surface area contributed by atoms with Gasteiger partial charge in [-0.2, -0.15) is 0 Å². The van der Waals surface area contributed by atoms with Crippen molar-refractivity contribution in [2.24, 2.45) is 5.92 Å². The van der Waals surface area contributed by atoms with Gasteiger partial charge in [-0.15, -0.1) is 0 Å². The first kappa shape index (κ1) is 21.1. The van der Waals surface area contributed by atoms with Crippen LogP contribution in [0, 0.1) is 11.7 Å². The summed E-state index contributed by atoms with van der Waals surface area (Å²) in [7, 11) is -1.69. The number of carbonyl (C=O) groups is 2. The summed E-state index contributed by atoms with van der Waals surface area (Å²) in [6.07, 6.45) is 0.375. The van der Waals surface area contributed by atoms with E-state index < -0.39 is 30.7 Å². The van der Waals surface area contributed by atoms with Gasteiger partial charge in [0.15, 0.2) is 0 Å². The van der Waals surface area contributed by atoms with Gasteiger partial charge in [0.05, 0.1) is 22.5 Å². The minimum absolute atomic E-state index is 0.00734. The zero-order chi connectivity index (χ0) is 18.4. The smallest absolute Gasteiger partial charge is 0.426 e. The molecule has 1 rings (SSSR count). The molecule has 0 radical (unpaired) electrons. The maximum absolute atomic E-state index is 13.6. The summed E-state index contributed by atoms with van der Waals surface area (Å²) in [6.45, 7) is 3.38. The molecule has 0 spiro atoms. The molecule has 0 aliphatic rings. The van der Waals surface area contributed by atoms with E-state index in [0.29, 0.717) is 10.9 Å². The molecule has 1 aromatic carbocycles. The maximum Gasteiger partial charge on any atom is 0.475 e. The van der Waals surface area contributed by atoms with E-state index >= 15 is 0 Å². The van der Waals surface area contributed by atoms with E-state index in [4.69, 9.17) is 0 Å². The molecule has 0 saturated heterocycles. The second kappa shape index (κ2) is 9.50. The highest BCUT2D eigenvalue weighted by atomic mass is 79.9. The van der Waals surface area contributed by atoms with Crippen LogP contribution in [0.2, 0.25) is 0 Å². The summed E-state index contributed by atoms with van der Waals surface area (Å²) in [5.41, 5.74) is 0.0376. The third-order valence-electron chi connectivity index (χ3n) is 3.08. The number of rotatable bonds is 7. The molecule has 0 aromatic heterocycles. The molecule has 0 bridgehead atoms. The van der Waals surface area contributed by atoms with Crippen LogP contribution in [0.3, 0.4) is 0 Å². The average molecular weight is 468 g/mol. The first-order valence-corrected chi connectivity index (χ1v) is 8.78. The monoisotopic (exact) mass is 466 g/mol. The van der Waals surface area contributed by atoms with Gasteiger partial charge in [-0.25, -0.2) is 4.39 Å². The molecular weight excluding hydrogens is 450 g/mol. The highest BCUT2D eigenvalue weighted by Crippen LogP contribution is 2.25. The predicted molar refractivity (Wildman–Crippen MR) is 95.7 cm³/mol. The first-order valence-electron chi connectivity index (χ1n) is 7.20. The Morgan fingerprint density at radius 2 is 1.92 bits per heavy atom. The van der Waals surface area contributed by atoms with Gasteiger partial charge in [0.1, 0.15) is 5.82 Å². The molecule has 2 amide bonds. The lowest BCUT2D eigenvalue weighted by Gasteiger charge is -2.19. The van der Waals surface area contributed by atoms with Crippen molar-refractivity contribution in [3.63, 3.8) is 0 Å². The van der Waals surface area contributed by atoms with E-state index in [2.05, 4.69) is 42.5 Å². The van der Waals surface area contributed by atoms with Crippen LogP contribution in [0.4, 0.5) is 4.39 Å². The summed E-state index contributed by atoms with van der Waals surface area (Å²) >= 11 is 6.08. The van der Waals surface area contributed by atoms with Crippen molar-refractivity contribution in [3.05, 3.63) is 32.5 Å².